The van der Waals surface area contributed by atoms with Gasteiger partial charge < -0.3 is 15.2 Å². The molecule has 0 saturated carbocycles. The maximum atomic E-state index is 12.4. The second-order valence-corrected chi connectivity index (χ2v) is 5.50. The van der Waals surface area contributed by atoms with Crippen LogP contribution < -0.4 is 5.32 Å². The van der Waals surface area contributed by atoms with Gasteiger partial charge in [-0.25, -0.2) is 0 Å². The SMILES string of the molecule is CC(=O)N[C@@H](Cc1c[nH]c2ccccc12)C(=O)N1CCC1. The Bertz CT molecular complexity index is 673. The number of likely N-dealkylation sites (tertiary alicyclic amines) is 1. The average molecular weight is 285 g/mol. The molecule has 0 spiro atoms. The summed E-state index contributed by atoms with van der Waals surface area (Å²) in [6, 6.07) is 7.49. The van der Waals surface area contributed by atoms with Crippen LogP contribution in [-0.4, -0.2) is 40.8 Å². The summed E-state index contributed by atoms with van der Waals surface area (Å²) in [5, 5.41) is 3.89. The van der Waals surface area contributed by atoms with E-state index < -0.39 is 6.04 Å². The number of fused-ring (bicyclic) bond motifs is 1. The molecule has 1 saturated heterocycles. The monoisotopic (exact) mass is 285 g/mol. The fourth-order valence-corrected chi connectivity index (χ4v) is 2.72. The molecule has 5 heteroatoms. The lowest BCUT2D eigenvalue weighted by Gasteiger charge is -2.34. The summed E-state index contributed by atoms with van der Waals surface area (Å²) in [7, 11) is 0. The van der Waals surface area contributed by atoms with Gasteiger partial charge in [0, 0.05) is 43.5 Å². The molecule has 5 nitrogen and oxygen atoms in total. The molecule has 0 bridgehead atoms. The highest BCUT2D eigenvalue weighted by molar-refractivity contribution is 5.89. The van der Waals surface area contributed by atoms with Crippen LogP contribution in [0.2, 0.25) is 0 Å². The summed E-state index contributed by atoms with van der Waals surface area (Å²) >= 11 is 0. The molecule has 1 fully saturated rings. The van der Waals surface area contributed by atoms with Gasteiger partial charge in [-0.3, -0.25) is 9.59 Å². The van der Waals surface area contributed by atoms with E-state index in [1.54, 1.807) is 4.90 Å². The molecule has 2 amide bonds. The van der Waals surface area contributed by atoms with Crippen LogP contribution in [-0.2, 0) is 16.0 Å². The van der Waals surface area contributed by atoms with Crippen LogP contribution in [0.4, 0.5) is 0 Å². The maximum Gasteiger partial charge on any atom is 0.245 e. The van der Waals surface area contributed by atoms with Crippen molar-refractivity contribution in [1.29, 1.82) is 0 Å². The Kier molecular flexibility index (Phi) is 3.64. The topological polar surface area (TPSA) is 65.2 Å². The van der Waals surface area contributed by atoms with Crippen molar-refractivity contribution in [3.63, 3.8) is 0 Å². The van der Waals surface area contributed by atoms with Gasteiger partial charge in [-0.2, -0.15) is 0 Å². The van der Waals surface area contributed by atoms with Crippen molar-refractivity contribution in [3.05, 3.63) is 36.0 Å². The van der Waals surface area contributed by atoms with Gasteiger partial charge in [0.25, 0.3) is 0 Å². The third-order valence-corrected chi connectivity index (χ3v) is 3.94. The highest BCUT2D eigenvalue weighted by Crippen LogP contribution is 2.20. The smallest absolute Gasteiger partial charge is 0.245 e. The standard InChI is InChI=1S/C16H19N3O2/c1-11(20)18-15(16(21)19-7-4-8-19)9-12-10-17-14-6-3-2-5-13(12)14/h2-3,5-6,10,15,17H,4,7-9H2,1H3,(H,18,20)/t15-/m0/s1. The van der Waals surface area contributed by atoms with E-state index in [0.29, 0.717) is 6.42 Å². The first-order chi connectivity index (χ1) is 10.1. The molecular weight excluding hydrogens is 266 g/mol. The third kappa shape index (κ3) is 2.77. The van der Waals surface area contributed by atoms with Crippen molar-refractivity contribution >= 4 is 22.7 Å². The molecule has 0 aliphatic carbocycles. The van der Waals surface area contributed by atoms with Crippen molar-refractivity contribution in [3.8, 4) is 0 Å². The third-order valence-electron chi connectivity index (χ3n) is 3.94. The van der Waals surface area contributed by atoms with E-state index in [2.05, 4.69) is 10.3 Å². The van der Waals surface area contributed by atoms with E-state index >= 15 is 0 Å². The molecular formula is C16H19N3O2. The van der Waals surface area contributed by atoms with Gasteiger partial charge in [-0.1, -0.05) is 18.2 Å². The number of para-hydroxylation sites is 1. The first kappa shape index (κ1) is 13.7. The van der Waals surface area contributed by atoms with Crippen LogP contribution in [0.1, 0.15) is 18.9 Å². The van der Waals surface area contributed by atoms with E-state index in [1.165, 1.54) is 6.92 Å². The van der Waals surface area contributed by atoms with Gasteiger partial charge in [-0.05, 0) is 18.1 Å². The molecule has 3 rings (SSSR count). The number of aromatic amines is 1. The fourth-order valence-electron chi connectivity index (χ4n) is 2.72. The Morgan fingerprint density at radius 2 is 2.10 bits per heavy atom. The molecule has 1 aliphatic rings. The highest BCUT2D eigenvalue weighted by Gasteiger charge is 2.29. The van der Waals surface area contributed by atoms with Crippen molar-refractivity contribution in [1.82, 2.24) is 15.2 Å². The summed E-state index contributed by atoms with van der Waals surface area (Å²) < 4.78 is 0. The Labute approximate surface area is 123 Å². The number of aromatic nitrogens is 1. The molecule has 2 aromatic rings. The van der Waals surface area contributed by atoms with Crippen LogP contribution in [0.15, 0.2) is 30.5 Å². The van der Waals surface area contributed by atoms with Gasteiger partial charge in [0.15, 0.2) is 0 Å². The van der Waals surface area contributed by atoms with Gasteiger partial charge in [0.1, 0.15) is 6.04 Å². The number of hydrogen-bond donors (Lipinski definition) is 2. The van der Waals surface area contributed by atoms with Crippen LogP contribution in [0.3, 0.4) is 0 Å². The van der Waals surface area contributed by atoms with Crippen molar-refractivity contribution in [2.45, 2.75) is 25.8 Å². The molecule has 110 valence electrons. The number of nitrogens with zero attached hydrogens (tertiary/aromatic N) is 1. The van der Waals surface area contributed by atoms with Crippen molar-refractivity contribution in [2.24, 2.45) is 0 Å². The Morgan fingerprint density at radius 1 is 1.33 bits per heavy atom. The first-order valence-corrected chi connectivity index (χ1v) is 7.26. The molecule has 0 unspecified atom stereocenters. The van der Waals surface area contributed by atoms with Crippen molar-refractivity contribution in [2.75, 3.05) is 13.1 Å². The minimum atomic E-state index is -0.484. The first-order valence-electron chi connectivity index (χ1n) is 7.26. The highest BCUT2D eigenvalue weighted by atomic mass is 16.2. The minimum absolute atomic E-state index is 0.0155. The molecule has 21 heavy (non-hydrogen) atoms. The van der Waals surface area contributed by atoms with Gasteiger partial charge >= 0.3 is 0 Å². The quantitative estimate of drug-likeness (QED) is 0.893. The predicted molar refractivity (Wildman–Crippen MR) is 80.8 cm³/mol. The lowest BCUT2D eigenvalue weighted by molar-refractivity contribution is -0.139. The molecule has 1 aromatic heterocycles. The van der Waals surface area contributed by atoms with Crippen molar-refractivity contribution < 1.29 is 9.59 Å². The normalized spacial score (nSPS) is 15.6. The second-order valence-electron chi connectivity index (χ2n) is 5.50. The second kappa shape index (κ2) is 5.60. The van der Waals surface area contributed by atoms with Gasteiger partial charge in [0.2, 0.25) is 11.8 Å². The summed E-state index contributed by atoms with van der Waals surface area (Å²) in [4.78, 5) is 28.8. The Morgan fingerprint density at radius 3 is 2.76 bits per heavy atom. The number of rotatable bonds is 4. The number of carbonyl (C=O) groups excluding carboxylic acids is 2. The van der Waals surface area contributed by atoms with Gasteiger partial charge in [-0.15, -0.1) is 0 Å². The number of hydrogen-bond acceptors (Lipinski definition) is 2. The zero-order chi connectivity index (χ0) is 14.8. The van der Waals surface area contributed by atoms with Crippen LogP contribution in [0.5, 0.6) is 0 Å². The average Bonchev–Trinajstić information content (AvgIpc) is 2.79. The maximum absolute atomic E-state index is 12.4. The van der Waals surface area contributed by atoms with E-state index in [-0.39, 0.29) is 11.8 Å². The zero-order valence-electron chi connectivity index (χ0n) is 12.1. The lowest BCUT2D eigenvalue weighted by Crippen LogP contribution is -2.53. The lowest BCUT2D eigenvalue weighted by atomic mass is 10.0. The molecule has 1 aliphatic heterocycles. The van der Waals surface area contributed by atoms with Gasteiger partial charge in [0.05, 0.1) is 0 Å². The Hall–Kier alpha value is -2.30. The molecule has 1 atom stereocenters. The van der Waals surface area contributed by atoms with E-state index in [0.717, 1.165) is 36.0 Å². The van der Waals surface area contributed by atoms with Crippen LogP contribution in [0, 0.1) is 0 Å². The number of benzene rings is 1. The van der Waals surface area contributed by atoms with Crippen LogP contribution in [0.25, 0.3) is 10.9 Å². The summed E-state index contributed by atoms with van der Waals surface area (Å²) in [5.41, 5.74) is 2.10. The van der Waals surface area contributed by atoms with Crippen LogP contribution >= 0.6 is 0 Å². The summed E-state index contributed by atoms with van der Waals surface area (Å²) in [5.74, 6) is -0.157. The molecule has 0 radical (unpaired) electrons. The Balaban J connectivity index is 1.83. The molecule has 2 heterocycles. The largest absolute Gasteiger partial charge is 0.361 e. The zero-order valence-corrected chi connectivity index (χ0v) is 12.1. The molecule has 1 aromatic carbocycles. The van der Waals surface area contributed by atoms with E-state index in [1.807, 2.05) is 30.5 Å². The number of amides is 2. The number of nitrogens with one attached hydrogen (secondary N) is 2. The molecule has 2 N–H and O–H groups in total. The fraction of sp³-hybridized carbons (Fsp3) is 0.375. The predicted octanol–water partition coefficient (Wildman–Crippen LogP) is 1.45. The summed E-state index contributed by atoms with van der Waals surface area (Å²) in [6.07, 6.45) is 3.48. The number of H-pyrrole nitrogens is 1. The van der Waals surface area contributed by atoms with E-state index in [4.69, 9.17) is 0 Å². The minimum Gasteiger partial charge on any atom is -0.361 e. The summed E-state index contributed by atoms with van der Waals surface area (Å²) in [6.45, 7) is 3.04. The van der Waals surface area contributed by atoms with E-state index in [9.17, 15) is 9.59 Å². The number of carbonyl (C=O) groups is 2.